The Morgan fingerprint density at radius 1 is 1.28 bits per heavy atom. The predicted molar refractivity (Wildman–Crippen MR) is 80.7 cm³/mol. The topological polar surface area (TPSA) is 20.3 Å². The molecule has 1 aliphatic heterocycles. The molecule has 0 aromatic heterocycles. The monoisotopic (exact) mass is 329 g/mol. The molecular weight excluding hydrogens is 310 g/mol. The Kier molecular flexibility index (Phi) is 4.29. The number of benzene rings is 1. The molecule has 2 rings (SSSR count). The highest BCUT2D eigenvalue weighted by atomic mass is 79.9. The smallest absolute Gasteiger partial charge is 0.100 e. The largest absolute Gasteiger partial charge is 0.242 e. The summed E-state index contributed by atoms with van der Waals surface area (Å²) in [7, 11) is -0.927. The van der Waals surface area contributed by atoms with Crippen LogP contribution in [0.25, 0.3) is 0 Å². The summed E-state index contributed by atoms with van der Waals surface area (Å²) in [6.45, 7) is 7.06. The van der Waals surface area contributed by atoms with Gasteiger partial charge in [0.15, 0.2) is 0 Å². The van der Waals surface area contributed by atoms with Gasteiger partial charge in [0.05, 0.1) is 4.75 Å². The first-order chi connectivity index (χ1) is 8.39. The average Bonchev–Trinajstić information content (AvgIpc) is 2.76. The van der Waals surface area contributed by atoms with Gasteiger partial charge >= 0.3 is 0 Å². The molecule has 1 aromatic carbocycles. The maximum Gasteiger partial charge on any atom is 0.100 e. The summed E-state index contributed by atoms with van der Waals surface area (Å²) < 4.78 is 15.6. The van der Waals surface area contributed by atoms with Crippen molar-refractivity contribution in [3.63, 3.8) is 0 Å². The number of hydrogen-bond acceptors (Lipinski definition) is 1. The highest BCUT2D eigenvalue weighted by molar-refractivity contribution is 9.10. The zero-order chi connectivity index (χ0) is 13.3. The van der Waals surface area contributed by atoms with E-state index in [2.05, 4.69) is 44.5 Å². The summed E-state index contributed by atoms with van der Waals surface area (Å²) in [4.78, 5) is 0. The van der Waals surface area contributed by atoms with Gasteiger partial charge in [0.25, 0.3) is 0 Å². The van der Waals surface area contributed by atoms with E-state index in [9.17, 15) is 4.21 Å². The summed E-state index contributed by atoms with van der Waals surface area (Å²) in [5, 5.41) is 0. The minimum atomic E-state index is -0.927. The van der Waals surface area contributed by atoms with Crippen LogP contribution in [0.3, 0.4) is 0 Å². The zero-order valence-corrected chi connectivity index (χ0v) is 13.6. The van der Waals surface area contributed by atoms with E-state index >= 15 is 0 Å². The van der Waals surface area contributed by atoms with Gasteiger partial charge in [-0.3, -0.25) is 0 Å². The lowest BCUT2D eigenvalue weighted by atomic mass is 10.1. The first kappa shape index (κ1) is 14.2. The van der Waals surface area contributed by atoms with Gasteiger partial charge in [0.1, 0.15) is 11.0 Å². The van der Waals surface area contributed by atoms with Crippen LogP contribution in [0.4, 0.5) is 0 Å². The summed E-state index contributed by atoms with van der Waals surface area (Å²) in [5.74, 6) is 0. The Hall–Kier alpha value is -0.190. The second kappa shape index (κ2) is 5.43. The van der Waals surface area contributed by atoms with Gasteiger partial charge in [-0.25, -0.2) is 8.51 Å². The van der Waals surface area contributed by atoms with E-state index in [1.54, 1.807) is 0 Å². The fraction of sp³-hybridized carbons (Fsp3) is 0.571. The highest BCUT2D eigenvalue weighted by Gasteiger charge is 2.35. The van der Waals surface area contributed by atoms with Crippen LogP contribution in [-0.2, 0) is 11.0 Å². The molecule has 2 nitrogen and oxygen atoms in total. The lowest BCUT2D eigenvalue weighted by Crippen LogP contribution is -2.37. The van der Waals surface area contributed by atoms with E-state index in [1.807, 2.05) is 20.8 Å². The molecule has 1 heterocycles. The van der Waals surface area contributed by atoms with E-state index in [-0.39, 0.29) is 4.75 Å². The molecule has 1 fully saturated rings. The van der Waals surface area contributed by atoms with Gasteiger partial charge in [0, 0.05) is 17.1 Å². The predicted octanol–water partition coefficient (Wildman–Crippen LogP) is 4.05. The molecule has 0 unspecified atom stereocenters. The number of hydrogen-bond donors (Lipinski definition) is 0. The van der Waals surface area contributed by atoms with Crippen molar-refractivity contribution in [2.45, 2.75) is 44.4 Å². The molecule has 100 valence electrons. The number of halogens is 1. The van der Waals surface area contributed by atoms with Crippen molar-refractivity contribution in [3.05, 3.63) is 34.3 Å². The summed E-state index contributed by atoms with van der Waals surface area (Å²) >= 11 is 3.46. The molecule has 0 aliphatic carbocycles. The van der Waals surface area contributed by atoms with E-state index in [0.29, 0.717) is 6.04 Å². The van der Waals surface area contributed by atoms with Gasteiger partial charge in [-0.2, -0.15) is 0 Å². The Labute approximate surface area is 120 Å². The number of nitrogens with zero attached hydrogens (tertiary/aromatic N) is 1. The molecule has 1 aliphatic rings. The SMILES string of the molecule is CC(C)(C)[S@](=O)N1CCC[C@@H]1c1ccc(Br)cc1. The van der Waals surface area contributed by atoms with Crippen LogP contribution in [0.1, 0.15) is 45.2 Å². The van der Waals surface area contributed by atoms with Crippen molar-refractivity contribution in [3.8, 4) is 0 Å². The highest BCUT2D eigenvalue weighted by Crippen LogP contribution is 2.36. The molecule has 1 saturated heterocycles. The Bertz CT molecular complexity index is 438. The second-order valence-corrected chi connectivity index (χ2v) is 8.82. The molecule has 18 heavy (non-hydrogen) atoms. The van der Waals surface area contributed by atoms with Crippen molar-refractivity contribution in [1.29, 1.82) is 0 Å². The molecule has 0 radical (unpaired) electrons. The molecule has 0 spiro atoms. The third-order valence-corrected chi connectivity index (χ3v) is 5.63. The molecule has 1 aromatic rings. The van der Waals surface area contributed by atoms with Crippen molar-refractivity contribution >= 4 is 26.9 Å². The fourth-order valence-corrected chi connectivity index (χ4v) is 4.03. The Morgan fingerprint density at radius 2 is 1.89 bits per heavy atom. The van der Waals surface area contributed by atoms with Crippen LogP contribution in [0.15, 0.2) is 28.7 Å². The van der Waals surface area contributed by atoms with Gasteiger partial charge in [-0.1, -0.05) is 28.1 Å². The maximum absolute atomic E-state index is 12.5. The lowest BCUT2D eigenvalue weighted by Gasteiger charge is -2.30. The summed E-state index contributed by atoms with van der Waals surface area (Å²) in [5.41, 5.74) is 1.27. The zero-order valence-electron chi connectivity index (χ0n) is 11.1. The van der Waals surface area contributed by atoms with Gasteiger partial charge < -0.3 is 0 Å². The van der Waals surface area contributed by atoms with E-state index < -0.39 is 11.0 Å². The average molecular weight is 330 g/mol. The van der Waals surface area contributed by atoms with E-state index in [4.69, 9.17) is 0 Å². The van der Waals surface area contributed by atoms with Crippen molar-refractivity contribution in [2.24, 2.45) is 0 Å². The third-order valence-electron chi connectivity index (χ3n) is 3.20. The molecule has 0 amide bonds. The molecular formula is C14H20BrNOS. The lowest BCUT2D eigenvalue weighted by molar-refractivity contribution is 0.416. The first-order valence-corrected chi connectivity index (χ1v) is 8.23. The van der Waals surface area contributed by atoms with Crippen LogP contribution in [0.5, 0.6) is 0 Å². The van der Waals surface area contributed by atoms with Crippen LogP contribution in [-0.4, -0.2) is 19.8 Å². The normalized spacial score (nSPS) is 23.2. The van der Waals surface area contributed by atoms with Crippen LogP contribution in [0, 0.1) is 0 Å². The van der Waals surface area contributed by atoms with Crippen LogP contribution < -0.4 is 0 Å². The van der Waals surface area contributed by atoms with Crippen LogP contribution >= 0.6 is 15.9 Å². The van der Waals surface area contributed by atoms with Crippen molar-refractivity contribution in [2.75, 3.05) is 6.54 Å². The molecule has 0 saturated carbocycles. The Balaban J connectivity index is 2.22. The maximum atomic E-state index is 12.5. The summed E-state index contributed by atoms with van der Waals surface area (Å²) in [6, 6.07) is 8.69. The third kappa shape index (κ3) is 3.03. The Morgan fingerprint density at radius 3 is 2.44 bits per heavy atom. The van der Waals surface area contributed by atoms with Crippen molar-refractivity contribution in [1.82, 2.24) is 4.31 Å². The van der Waals surface area contributed by atoms with E-state index in [0.717, 1.165) is 23.9 Å². The van der Waals surface area contributed by atoms with Crippen LogP contribution in [0.2, 0.25) is 0 Å². The van der Waals surface area contributed by atoms with Crippen molar-refractivity contribution < 1.29 is 4.21 Å². The fourth-order valence-electron chi connectivity index (χ4n) is 2.31. The van der Waals surface area contributed by atoms with Gasteiger partial charge in [0.2, 0.25) is 0 Å². The van der Waals surface area contributed by atoms with Gasteiger partial charge in [-0.05, 0) is 51.3 Å². The second-order valence-electron chi connectivity index (χ2n) is 5.71. The quantitative estimate of drug-likeness (QED) is 0.801. The summed E-state index contributed by atoms with van der Waals surface area (Å²) in [6.07, 6.45) is 2.23. The molecule has 0 N–H and O–H groups in total. The first-order valence-electron chi connectivity index (χ1n) is 6.34. The standard InChI is InChI=1S/C14H20BrNOS/c1-14(2,3)18(17)16-10-4-5-13(16)11-6-8-12(15)9-7-11/h6-9,13H,4-5,10H2,1-3H3/t13-,18+/m1/s1. The minimum Gasteiger partial charge on any atom is -0.242 e. The molecule has 2 atom stereocenters. The number of rotatable bonds is 2. The molecule has 0 bridgehead atoms. The van der Waals surface area contributed by atoms with Gasteiger partial charge in [-0.15, -0.1) is 0 Å². The minimum absolute atomic E-state index is 0.183. The van der Waals surface area contributed by atoms with E-state index in [1.165, 1.54) is 5.56 Å². The molecule has 4 heteroatoms.